The highest BCUT2D eigenvalue weighted by molar-refractivity contribution is 7.22. The third kappa shape index (κ3) is 1.28. The van der Waals surface area contributed by atoms with Crippen LogP contribution in [0.4, 0.5) is 10.8 Å². The van der Waals surface area contributed by atoms with E-state index in [4.69, 9.17) is 5.84 Å². The molecule has 7 heteroatoms. The van der Waals surface area contributed by atoms with E-state index in [1.54, 1.807) is 12.1 Å². The molecule has 1 heterocycles. The van der Waals surface area contributed by atoms with E-state index in [-0.39, 0.29) is 5.69 Å². The predicted octanol–water partition coefficient (Wildman–Crippen LogP) is 1.49. The van der Waals surface area contributed by atoms with Crippen molar-refractivity contribution < 1.29 is 4.92 Å². The minimum absolute atomic E-state index is 0.0569. The summed E-state index contributed by atoms with van der Waals surface area (Å²) in [6, 6.07) is 4.75. The Bertz CT molecular complexity index is 495. The second-order valence-electron chi connectivity index (χ2n) is 2.55. The predicted molar refractivity (Wildman–Crippen MR) is 54.1 cm³/mol. The second-order valence-corrected chi connectivity index (χ2v) is 3.54. The molecule has 0 saturated carbocycles. The first-order valence-electron chi connectivity index (χ1n) is 3.73. The van der Waals surface area contributed by atoms with E-state index in [9.17, 15) is 10.1 Å². The monoisotopic (exact) mass is 210 g/mol. The molecule has 2 aromatic rings. The molecular weight excluding hydrogens is 204 g/mol. The Morgan fingerprint density at radius 1 is 1.57 bits per heavy atom. The summed E-state index contributed by atoms with van der Waals surface area (Å²) in [6.45, 7) is 0. The Balaban J connectivity index is 2.73. The molecule has 0 bridgehead atoms. The highest BCUT2D eigenvalue weighted by Gasteiger charge is 2.14. The van der Waals surface area contributed by atoms with Crippen LogP contribution in [-0.2, 0) is 0 Å². The lowest BCUT2D eigenvalue weighted by Gasteiger charge is -1.89. The van der Waals surface area contributed by atoms with Crippen molar-refractivity contribution in [2.45, 2.75) is 0 Å². The summed E-state index contributed by atoms with van der Waals surface area (Å²) in [5.74, 6) is 5.17. The number of nitro groups is 1. The molecule has 2 rings (SSSR count). The molecule has 0 atom stereocenters. The largest absolute Gasteiger partial charge is 0.300 e. The molecular formula is C7H6N4O2S. The molecule has 0 aliphatic heterocycles. The molecule has 0 saturated heterocycles. The smallest absolute Gasteiger partial charge is 0.288 e. The summed E-state index contributed by atoms with van der Waals surface area (Å²) in [5, 5.41) is 11.1. The van der Waals surface area contributed by atoms with Crippen LogP contribution in [-0.4, -0.2) is 9.91 Å². The van der Waals surface area contributed by atoms with Crippen LogP contribution in [0.5, 0.6) is 0 Å². The lowest BCUT2D eigenvalue weighted by molar-refractivity contribution is -0.382. The number of hydrazine groups is 1. The Kier molecular flexibility index (Phi) is 2.02. The van der Waals surface area contributed by atoms with E-state index in [1.807, 2.05) is 0 Å². The van der Waals surface area contributed by atoms with Crippen LogP contribution in [0.15, 0.2) is 18.2 Å². The van der Waals surface area contributed by atoms with Gasteiger partial charge in [0.25, 0.3) is 5.69 Å². The zero-order chi connectivity index (χ0) is 10.1. The number of hydrogen-bond donors (Lipinski definition) is 2. The van der Waals surface area contributed by atoms with Gasteiger partial charge in [-0.1, -0.05) is 17.4 Å². The third-order valence-electron chi connectivity index (χ3n) is 1.71. The molecule has 72 valence electrons. The van der Waals surface area contributed by atoms with Crippen molar-refractivity contribution in [2.75, 3.05) is 5.43 Å². The van der Waals surface area contributed by atoms with Gasteiger partial charge < -0.3 is 0 Å². The second kappa shape index (κ2) is 3.20. The van der Waals surface area contributed by atoms with Gasteiger partial charge in [0.1, 0.15) is 4.70 Å². The number of anilines is 1. The van der Waals surface area contributed by atoms with Crippen LogP contribution in [0, 0.1) is 10.1 Å². The molecule has 6 nitrogen and oxygen atoms in total. The van der Waals surface area contributed by atoms with Crippen LogP contribution < -0.4 is 11.3 Å². The van der Waals surface area contributed by atoms with Crippen LogP contribution in [0.1, 0.15) is 0 Å². The highest BCUT2D eigenvalue weighted by atomic mass is 32.1. The summed E-state index contributed by atoms with van der Waals surface area (Å²) in [6.07, 6.45) is 0. The van der Waals surface area contributed by atoms with Crippen LogP contribution >= 0.6 is 11.3 Å². The summed E-state index contributed by atoms with van der Waals surface area (Å²) >= 11 is 1.16. The minimum atomic E-state index is -0.430. The van der Waals surface area contributed by atoms with Gasteiger partial charge in [-0.15, -0.1) is 0 Å². The molecule has 0 unspecified atom stereocenters. The summed E-state index contributed by atoms with van der Waals surface area (Å²) in [7, 11) is 0. The number of hydrogen-bond acceptors (Lipinski definition) is 6. The van der Waals surface area contributed by atoms with Gasteiger partial charge in [0.15, 0.2) is 5.13 Å². The molecule has 1 aromatic carbocycles. The Labute approximate surface area is 82.5 Å². The number of benzene rings is 1. The van der Waals surface area contributed by atoms with Crippen molar-refractivity contribution in [3.8, 4) is 0 Å². The van der Waals surface area contributed by atoms with Crippen LogP contribution in [0.2, 0.25) is 0 Å². The molecule has 1 aromatic heterocycles. The number of fused-ring (bicyclic) bond motifs is 1. The average molecular weight is 210 g/mol. The van der Waals surface area contributed by atoms with Gasteiger partial charge in [-0.3, -0.25) is 15.5 Å². The van der Waals surface area contributed by atoms with Gasteiger partial charge in [0.05, 0.1) is 10.4 Å². The van der Waals surface area contributed by atoms with Gasteiger partial charge in [0.2, 0.25) is 0 Å². The standard InChI is InChI=1S/C7H6N4O2S/c8-10-7-9-4-2-1-3-5(11(12)13)6(4)14-7/h1-3H,8H2,(H,9,10). The maximum absolute atomic E-state index is 10.6. The fourth-order valence-electron chi connectivity index (χ4n) is 1.14. The molecule has 14 heavy (non-hydrogen) atoms. The molecule has 0 fully saturated rings. The van der Waals surface area contributed by atoms with Crippen LogP contribution in [0.3, 0.4) is 0 Å². The number of nitrogens with two attached hydrogens (primary N) is 1. The first-order valence-corrected chi connectivity index (χ1v) is 4.54. The zero-order valence-electron chi connectivity index (χ0n) is 6.93. The maximum Gasteiger partial charge on any atom is 0.288 e. The fraction of sp³-hybridized carbons (Fsp3) is 0. The molecule has 0 aliphatic carbocycles. The van der Waals surface area contributed by atoms with Gasteiger partial charge in [-0.2, -0.15) is 0 Å². The number of nitrogens with zero attached hydrogens (tertiary/aromatic N) is 2. The van der Waals surface area contributed by atoms with Crippen molar-refractivity contribution in [1.29, 1.82) is 0 Å². The van der Waals surface area contributed by atoms with E-state index >= 15 is 0 Å². The lowest BCUT2D eigenvalue weighted by Crippen LogP contribution is -2.05. The number of nitrogen functional groups attached to an aromatic ring is 1. The third-order valence-corrected chi connectivity index (χ3v) is 2.74. The summed E-state index contributed by atoms with van der Waals surface area (Å²) < 4.78 is 0.533. The number of rotatable bonds is 2. The van der Waals surface area contributed by atoms with Crippen molar-refractivity contribution >= 4 is 32.4 Å². The number of aromatic nitrogens is 1. The highest BCUT2D eigenvalue weighted by Crippen LogP contribution is 2.32. The maximum atomic E-state index is 10.6. The van der Waals surface area contributed by atoms with E-state index in [1.165, 1.54) is 6.07 Å². The van der Waals surface area contributed by atoms with Gasteiger partial charge >= 0.3 is 0 Å². The normalized spacial score (nSPS) is 10.4. The number of non-ortho nitro benzene ring substituents is 1. The lowest BCUT2D eigenvalue weighted by atomic mass is 10.3. The van der Waals surface area contributed by atoms with Crippen molar-refractivity contribution in [3.05, 3.63) is 28.3 Å². The SMILES string of the molecule is NNc1nc2cccc([N+](=O)[O-])c2s1. The van der Waals surface area contributed by atoms with Crippen molar-refractivity contribution in [1.82, 2.24) is 4.98 Å². The van der Waals surface area contributed by atoms with Crippen molar-refractivity contribution in [3.63, 3.8) is 0 Å². The average Bonchev–Trinajstić information content (AvgIpc) is 2.59. The van der Waals surface area contributed by atoms with Gasteiger partial charge in [-0.05, 0) is 6.07 Å². The van der Waals surface area contributed by atoms with E-state index in [2.05, 4.69) is 10.4 Å². The van der Waals surface area contributed by atoms with Gasteiger partial charge in [0, 0.05) is 6.07 Å². The summed E-state index contributed by atoms with van der Waals surface area (Å²) in [5.41, 5.74) is 3.00. The van der Waals surface area contributed by atoms with Crippen molar-refractivity contribution in [2.24, 2.45) is 5.84 Å². The van der Waals surface area contributed by atoms with E-state index in [0.29, 0.717) is 15.3 Å². The molecule has 3 N–H and O–H groups in total. The Morgan fingerprint density at radius 3 is 3.00 bits per heavy atom. The Morgan fingerprint density at radius 2 is 2.36 bits per heavy atom. The first-order chi connectivity index (χ1) is 6.72. The molecule has 0 aliphatic rings. The molecule has 0 amide bonds. The topological polar surface area (TPSA) is 94.1 Å². The number of nitrogens with one attached hydrogen (secondary N) is 1. The van der Waals surface area contributed by atoms with Gasteiger partial charge in [-0.25, -0.2) is 10.8 Å². The quantitative estimate of drug-likeness (QED) is 0.445. The van der Waals surface area contributed by atoms with E-state index < -0.39 is 4.92 Å². The first kappa shape index (κ1) is 8.85. The number of nitro benzene ring substituents is 1. The van der Waals surface area contributed by atoms with E-state index in [0.717, 1.165) is 11.3 Å². The zero-order valence-corrected chi connectivity index (χ0v) is 7.75. The molecule has 0 spiro atoms. The molecule has 0 radical (unpaired) electrons. The fourth-order valence-corrected chi connectivity index (χ4v) is 2.00. The van der Waals surface area contributed by atoms with Crippen LogP contribution in [0.25, 0.3) is 10.2 Å². The summed E-state index contributed by atoms with van der Waals surface area (Å²) in [4.78, 5) is 14.3. The number of thiazole rings is 1. The Hall–Kier alpha value is -1.73. The minimum Gasteiger partial charge on any atom is -0.300 e.